The zero-order valence-corrected chi connectivity index (χ0v) is 11.1. The number of hydrogen-bond donors (Lipinski definition) is 1. The molecule has 0 atom stereocenters. The first-order chi connectivity index (χ1) is 10.2. The molecule has 0 aliphatic carbocycles. The monoisotopic (exact) mass is 283 g/mol. The van der Waals surface area contributed by atoms with Gasteiger partial charge in [-0.1, -0.05) is 23.4 Å². The number of carboxylic acids is 1. The van der Waals surface area contributed by atoms with Crippen LogP contribution in [0.5, 0.6) is 5.75 Å². The number of rotatable bonds is 5. The van der Waals surface area contributed by atoms with E-state index in [-0.39, 0.29) is 5.56 Å². The van der Waals surface area contributed by atoms with Gasteiger partial charge in [0.05, 0.1) is 17.6 Å². The average Bonchev–Trinajstić information content (AvgIpc) is 2.91. The Balaban J connectivity index is 1.74. The van der Waals surface area contributed by atoms with Crippen molar-refractivity contribution in [2.75, 3.05) is 6.61 Å². The van der Waals surface area contributed by atoms with Gasteiger partial charge < -0.3 is 9.84 Å². The summed E-state index contributed by atoms with van der Waals surface area (Å²) in [5, 5.41) is 17.1. The number of hydrogen-bond acceptors (Lipinski definition) is 4. The van der Waals surface area contributed by atoms with E-state index in [1.54, 1.807) is 16.8 Å². The molecule has 3 aromatic rings. The second kappa shape index (κ2) is 5.62. The first-order valence-corrected chi connectivity index (χ1v) is 6.48. The summed E-state index contributed by atoms with van der Waals surface area (Å²) in [6.45, 7) is 0.925. The van der Waals surface area contributed by atoms with Crippen LogP contribution in [0.2, 0.25) is 0 Å². The third-order valence-electron chi connectivity index (χ3n) is 3.08. The zero-order valence-electron chi connectivity index (χ0n) is 11.1. The van der Waals surface area contributed by atoms with Crippen molar-refractivity contribution in [3.8, 4) is 5.75 Å². The van der Waals surface area contributed by atoms with E-state index in [4.69, 9.17) is 9.84 Å². The fraction of sp³-hybridized carbons (Fsp3) is 0.133. The van der Waals surface area contributed by atoms with E-state index >= 15 is 0 Å². The molecular formula is C15H13N3O3. The minimum absolute atomic E-state index is 0.218. The molecule has 0 saturated heterocycles. The van der Waals surface area contributed by atoms with Crippen molar-refractivity contribution in [1.82, 2.24) is 15.0 Å². The normalized spacial score (nSPS) is 10.7. The van der Waals surface area contributed by atoms with E-state index in [2.05, 4.69) is 10.3 Å². The predicted octanol–water partition coefficient (Wildman–Crippen LogP) is 2.21. The number of fused-ring (bicyclic) bond motifs is 1. The van der Waals surface area contributed by atoms with Crippen molar-refractivity contribution >= 4 is 17.0 Å². The van der Waals surface area contributed by atoms with Gasteiger partial charge >= 0.3 is 5.97 Å². The van der Waals surface area contributed by atoms with Gasteiger partial charge in [0, 0.05) is 0 Å². The molecule has 0 fully saturated rings. The Labute approximate surface area is 120 Å². The molecular weight excluding hydrogens is 270 g/mol. The van der Waals surface area contributed by atoms with Crippen LogP contribution in [0.1, 0.15) is 10.4 Å². The summed E-state index contributed by atoms with van der Waals surface area (Å²) >= 11 is 0. The maximum absolute atomic E-state index is 11.0. The molecule has 0 aliphatic rings. The predicted molar refractivity (Wildman–Crippen MR) is 76.4 cm³/mol. The average molecular weight is 283 g/mol. The van der Waals surface area contributed by atoms with E-state index in [9.17, 15) is 4.79 Å². The Kier molecular flexibility index (Phi) is 3.51. The SMILES string of the molecule is O=C(O)c1ccc2nnn(CCOc3ccccc3)c2c1. The molecule has 0 unspecified atom stereocenters. The summed E-state index contributed by atoms with van der Waals surface area (Å²) in [5.41, 5.74) is 1.57. The van der Waals surface area contributed by atoms with Crippen molar-refractivity contribution in [1.29, 1.82) is 0 Å². The smallest absolute Gasteiger partial charge is 0.335 e. The number of aromatic nitrogens is 3. The topological polar surface area (TPSA) is 77.2 Å². The maximum atomic E-state index is 11.0. The van der Waals surface area contributed by atoms with Gasteiger partial charge in [-0.3, -0.25) is 0 Å². The van der Waals surface area contributed by atoms with Crippen molar-refractivity contribution < 1.29 is 14.6 Å². The molecule has 6 heteroatoms. The number of carbonyl (C=O) groups is 1. The molecule has 3 rings (SSSR count). The number of benzene rings is 2. The maximum Gasteiger partial charge on any atom is 0.335 e. The van der Waals surface area contributed by atoms with Gasteiger partial charge in [-0.05, 0) is 30.3 Å². The fourth-order valence-electron chi connectivity index (χ4n) is 2.03. The summed E-state index contributed by atoms with van der Waals surface area (Å²) in [5.74, 6) is -0.182. The summed E-state index contributed by atoms with van der Waals surface area (Å²) < 4.78 is 7.24. The summed E-state index contributed by atoms with van der Waals surface area (Å²) in [4.78, 5) is 11.0. The molecule has 2 aromatic carbocycles. The first kappa shape index (κ1) is 13.1. The minimum atomic E-state index is -0.967. The highest BCUT2D eigenvalue weighted by Gasteiger charge is 2.09. The molecule has 0 spiro atoms. The van der Waals surface area contributed by atoms with Crippen LogP contribution in [0.25, 0.3) is 11.0 Å². The molecule has 0 bridgehead atoms. The standard InChI is InChI=1S/C15H13N3O3/c19-15(20)11-6-7-13-14(10-11)18(17-16-13)8-9-21-12-4-2-1-3-5-12/h1-7,10H,8-9H2,(H,19,20). The van der Waals surface area contributed by atoms with Crippen LogP contribution in [-0.4, -0.2) is 32.7 Å². The van der Waals surface area contributed by atoms with Crippen LogP contribution < -0.4 is 4.74 Å². The summed E-state index contributed by atoms with van der Waals surface area (Å²) in [6.07, 6.45) is 0. The van der Waals surface area contributed by atoms with Gasteiger partial charge in [0.2, 0.25) is 0 Å². The highest BCUT2D eigenvalue weighted by molar-refractivity contribution is 5.92. The Hall–Kier alpha value is -2.89. The largest absolute Gasteiger partial charge is 0.492 e. The third kappa shape index (κ3) is 2.84. The van der Waals surface area contributed by atoms with E-state index in [0.717, 1.165) is 5.75 Å². The molecule has 0 aliphatic heterocycles. The highest BCUT2D eigenvalue weighted by atomic mass is 16.5. The Bertz CT molecular complexity index is 768. The molecule has 0 saturated carbocycles. The molecule has 21 heavy (non-hydrogen) atoms. The lowest BCUT2D eigenvalue weighted by atomic mass is 10.2. The van der Waals surface area contributed by atoms with Crippen molar-refractivity contribution in [2.24, 2.45) is 0 Å². The molecule has 1 aromatic heterocycles. The van der Waals surface area contributed by atoms with E-state index in [1.807, 2.05) is 30.3 Å². The van der Waals surface area contributed by atoms with E-state index in [0.29, 0.717) is 24.2 Å². The van der Waals surface area contributed by atoms with Crippen LogP contribution in [0, 0.1) is 0 Å². The minimum Gasteiger partial charge on any atom is -0.492 e. The van der Waals surface area contributed by atoms with Crippen LogP contribution in [0.3, 0.4) is 0 Å². The van der Waals surface area contributed by atoms with Gasteiger partial charge in [-0.2, -0.15) is 0 Å². The van der Waals surface area contributed by atoms with E-state index < -0.39 is 5.97 Å². The van der Waals surface area contributed by atoms with Gasteiger partial charge in [0.15, 0.2) is 0 Å². The van der Waals surface area contributed by atoms with Crippen molar-refractivity contribution in [3.05, 3.63) is 54.1 Å². The Morgan fingerprint density at radius 3 is 2.76 bits per heavy atom. The van der Waals surface area contributed by atoms with Crippen LogP contribution >= 0.6 is 0 Å². The van der Waals surface area contributed by atoms with Gasteiger partial charge in [0.1, 0.15) is 17.9 Å². The Morgan fingerprint density at radius 2 is 2.00 bits per heavy atom. The number of para-hydroxylation sites is 1. The van der Waals surface area contributed by atoms with E-state index in [1.165, 1.54) is 6.07 Å². The summed E-state index contributed by atoms with van der Waals surface area (Å²) in [6, 6.07) is 14.2. The van der Waals surface area contributed by atoms with Crippen molar-refractivity contribution in [3.63, 3.8) is 0 Å². The fourth-order valence-corrected chi connectivity index (χ4v) is 2.03. The van der Waals surface area contributed by atoms with Gasteiger partial charge in [-0.15, -0.1) is 5.10 Å². The molecule has 0 amide bonds. The highest BCUT2D eigenvalue weighted by Crippen LogP contribution is 2.14. The first-order valence-electron chi connectivity index (χ1n) is 6.48. The number of carboxylic acid groups (broad SMARTS) is 1. The van der Waals surface area contributed by atoms with Crippen LogP contribution in [0.15, 0.2) is 48.5 Å². The number of nitrogens with zero attached hydrogens (tertiary/aromatic N) is 3. The zero-order chi connectivity index (χ0) is 14.7. The number of aromatic carboxylic acids is 1. The molecule has 1 heterocycles. The lowest BCUT2D eigenvalue weighted by molar-refractivity contribution is 0.0697. The second-order valence-corrected chi connectivity index (χ2v) is 4.48. The Morgan fingerprint density at radius 1 is 1.19 bits per heavy atom. The van der Waals surface area contributed by atoms with Crippen LogP contribution in [0.4, 0.5) is 0 Å². The number of ether oxygens (including phenoxy) is 1. The third-order valence-corrected chi connectivity index (χ3v) is 3.08. The second-order valence-electron chi connectivity index (χ2n) is 4.48. The summed E-state index contributed by atoms with van der Waals surface area (Å²) in [7, 11) is 0. The van der Waals surface area contributed by atoms with Gasteiger partial charge in [0.25, 0.3) is 0 Å². The molecule has 0 radical (unpaired) electrons. The lowest BCUT2D eigenvalue weighted by Gasteiger charge is -2.06. The molecule has 6 nitrogen and oxygen atoms in total. The molecule has 1 N–H and O–H groups in total. The van der Waals surface area contributed by atoms with Gasteiger partial charge in [-0.25, -0.2) is 9.48 Å². The van der Waals surface area contributed by atoms with Crippen LogP contribution in [-0.2, 0) is 6.54 Å². The van der Waals surface area contributed by atoms with Crippen molar-refractivity contribution in [2.45, 2.75) is 6.54 Å². The quantitative estimate of drug-likeness (QED) is 0.776. The molecule has 106 valence electrons. The lowest BCUT2D eigenvalue weighted by Crippen LogP contribution is -2.09.